The molecule has 1 amide bonds. The second-order valence-electron chi connectivity index (χ2n) is 6.11. The Balaban J connectivity index is 1.83. The highest BCUT2D eigenvalue weighted by Crippen LogP contribution is 2.32. The average Bonchev–Trinajstić information content (AvgIpc) is 2.49. The molecule has 1 aromatic rings. The van der Waals surface area contributed by atoms with Gasteiger partial charge in [0.05, 0.1) is 5.69 Å². The first-order chi connectivity index (χ1) is 10.1. The van der Waals surface area contributed by atoms with Crippen LogP contribution in [-0.2, 0) is 4.79 Å². The molecule has 4 heteroatoms. The Morgan fingerprint density at radius 3 is 2.67 bits per heavy atom. The molecule has 1 aliphatic rings. The predicted octanol–water partition coefficient (Wildman–Crippen LogP) is 5.09. The van der Waals surface area contributed by atoms with Gasteiger partial charge in [0.25, 0.3) is 0 Å². The van der Waals surface area contributed by atoms with Crippen molar-refractivity contribution in [3.63, 3.8) is 0 Å². The smallest absolute Gasteiger partial charge is 0.228 e. The quantitative estimate of drug-likeness (QED) is 0.801. The Morgan fingerprint density at radius 2 is 2.05 bits per heavy atom. The number of amides is 1. The Bertz CT molecular complexity index is 482. The van der Waals surface area contributed by atoms with Gasteiger partial charge in [-0.3, -0.25) is 4.79 Å². The first-order valence-electron chi connectivity index (χ1n) is 8.04. The summed E-state index contributed by atoms with van der Waals surface area (Å²) in [6.07, 6.45) is 8.37. The van der Waals surface area contributed by atoms with Crippen molar-refractivity contribution in [2.45, 2.75) is 58.8 Å². The highest BCUT2D eigenvalue weighted by Gasteiger charge is 2.26. The zero-order valence-corrected chi connectivity index (χ0v) is 14.6. The maximum atomic E-state index is 12.3. The van der Waals surface area contributed by atoms with E-state index in [0.29, 0.717) is 5.82 Å². The van der Waals surface area contributed by atoms with Crippen LogP contribution in [0.2, 0.25) is 0 Å². The summed E-state index contributed by atoms with van der Waals surface area (Å²) in [7, 11) is 0. The monoisotopic (exact) mass is 352 g/mol. The molecule has 0 aromatic carbocycles. The van der Waals surface area contributed by atoms with Crippen molar-refractivity contribution in [1.29, 1.82) is 0 Å². The normalized spacial score (nSPS) is 22.0. The Hall–Kier alpha value is -0.900. The molecule has 1 aromatic heterocycles. The first-order valence-corrected chi connectivity index (χ1v) is 8.83. The van der Waals surface area contributed by atoms with Gasteiger partial charge < -0.3 is 5.32 Å². The van der Waals surface area contributed by atoms with Crippen molar-refractivity contribution in [1.82, 2.24) is 4.98 Å². The SMILES string of the molecule is CCCCC1CCC(C(=O)Nc2ccc(Br)c(C)n2)CC1. The predicted molar refractivity (Wildman–Crippen MR) is 90.3 cm³/mol. The second kappa shape index (κ2) is 7.92. The maximum Gasteiger partial charge on any atom is 0.228 e. The molecular weight excluding hydrogens is 328 g/mol. The van der Waals surface area contributed by atoms with Crippen LogP contribution in [0, 0.1) is 18.8 Å². The molecule has 1 heterocycles. The van der Waals surface area contributed by atoms with E-state index >= 15 is 0 Å². The largest absolute Gasteiger partial charge is 0.310 e. The number of hydrogen-bond acceptors (Lipinski definition) is 2. The molecule has 0 saturated heterocycles. The summed E-state index contributed by atoms with van der Waals surface area (Å²) in [5.74, 6) is 1.79. The molecule has 1 aliphatic carbocycles. The van der Waals surface area contributed by atoms with Crippen molar-refractivity contribution in [2.75, 3.05) is 5.32 Å². The van der Waals surface area contributed by atoms with E-state index in [2.05, 4.69) is 33.2 Å². The maximum absolute atomic E-state index is 12.3. The molecule has 0 bridgehead atoms. The van der Waals surface area contributed by atoms with Crippen molar-refractivity contribution in [3.8, 4) is 0 Å². The molecule has 0 radical (unpaired) electrons. The van der Waals surface area contributed by atoms with Crippen molar-refractivity contribution >= 4 is 27.7 Å². The number of nitrogens with zero attached hydrogens (tertiary/aromatic N) is 1. The summed E-state index contributed by atoms with van der Waals surface area (Å²) in [5.41, 5.74) is 0.899. The fourth-order valence-electron chi connectivity index (χ4n) is 3.05. The van der Waals surface area contributed by atoms with Gasteiger partial charge in [0.2, 0.25) is 5.91 Å². The van der Waals surface area contributed by atoms with Crippen LogP contribution < -0.4 is 5.32 Å². The van der Waals surface area contributed by atoms with Crippen molar-refractivity contribution < 1.29 is 4.79 Å². The lowest BCUT2D eigenvalue weighted by Crippen LogP contribution is -2.27. The van der Waals surface area contributed by atoms with Crippen LogP contribution in [-0.4, -0.2) is 10.9 Å². The third-order valence-corrected chi connectivity index (χ3v) is 5.29. The van der Waals surface area contributed by atoms with Crippen molar-refractivity contribution in [2.24, 2.45) is 11.8 Å². The number of pyridine rings is 1. The molecule has 0 unspecified atom stereocenters. The van der Waals surface area contributed by atoms with Gasteiger partial charge in [0.15, 0.2) is 0 Å². The van der Waals surface area contributed by atoms with E-state index in [1.807, 2.05) is 19.1 Å². The van der Waals surface area contributed by atoms with E-state index in [-0.39, 0.29) is 11.8 Å². The number of nitrogens with one attached hydrogen (secondary N) is 1. The standard InChI is InChI=1S/C17H25BrN2O/c1-3-4-5-13-6-8-14(9-7-13)17(21)20-16-11-10-15(18)12(2)19-16/h10-11,13-14H,3-9H2,1-2H3,(H,19,20,21). The summed E-state index contributed by atoms with van der Waals surface area (Å²) >= 11 is 3.42. The van der Waals surface area contributed by atoms with E-state index in [1.165, 1.54) is 32.1 Å². The van der Waals surface area contributed by atoms with Crippen LogP contribution in [0.3, 0.4) is 0 Å². The lowest BCUT2D eigenvalue weighted by Gasteiger charge is -2.27. The van der Waals surface area contributed by atoms with Gasteiger partial charge in [-0.2, -0.15) is 0 Å². The average molecular weight is 353 g/mol. The number of anilines is 1. The molecule has 0 atom stereocenters. The van der Waals surface area contributed by atoms with Gasteiger partial charge in [-0.05, 0) is 66.6 Å². The van der Waals surface area contributed by atoms with E-state index in [1.54, 1.807) is 0 Å². The number of carbonyl (C=O) groups is 1. The lowest BCUT2D eigenvalue weighted by atomic mass is 9.79. The van der Waals surface area contributed by atoms with Crippen LogP contribution in [0.5, 0.6) is 0 Å². The van der Waals surface area contributed by atoms with E-state index in [9.17, 15) is 4.79 Å². The summed E-state index contributed by atoms with van der Waals surface area (Å²) in [6.45, 7) is 4.17. The number of aryl methyl sites for hydroxylation is 1. The fraction of sp³-hybridized carbons (Fsp3) is 0.647. The van der Waals surface area contributed by atoms with Gasteiger partial charge in [-0.1, -0.05) is 26.2 Å². The number of hydrogen-bond donors (Lipinski definition) is 1. The van der Waals surface area contributed by atoms with Crippen LogP contribution in [0.1, 0.15) is 57.6 Å². The van der Waals surface area contributed by atoms with Crippen LogP contribution in [0.25, 0.3) is 0 Å². The third kappa shape index (κ3) is 4.80. The Kier molecular flexibility index (Phi) is 6.22. The molecule has 1 N–H and O–H groups in total. The zero-order chi connectivity index (χ0) is 15.2. The summed E-state index contributed by atoms with van der Waals surface area (Å²) in [4.78, 5) is 16.7. The highest BCUT2D eigenvalue weighted by molar-refractivity contribution is 9.10. The minimum Gasteiger partial charge on any atom is -0.310 e. The molecule has 1 fully saturated rings. The van der Waals surface area contributed by atoms with Crippen LogP contribution in [0.15, 0.2) is 16.6 Å². The van der Waals surface area contributed by atoms with Gasteiger partial charge in [0.1, 0.15) is 5.82 Å². The molecule has 21 heavy (non-hydrogen) atoms. The minimum atomic E-state index is 0.137. The third-order valence-electron chi connectivity index (χ3n) is 4.46. The number of carbonyl (C=O) groups excluding carboxylic acids is 1. The number of unbranched alkanes of at least 4 members (excludes halogenated alkanes) is 1. The molecule has 0 aliphatic heterocycles. The molecule has 0 spiro atoms. The first kappa shape index (κ1) is 16.5. The highest BCUT2D eigenvalue weighted by atomic mass is 79.9. The Morgan fingerprint density at radius 1 is 1.33 bits per heavy atom. The molecule has 116 valence electrons. The number of rotatable bonds is 5. The van der Waals surface area contributed by atoms with Crippen LogP contribution >= 0.6 is 15.9 Å². The summed E-state index contributed by atoms with van der Waals surface area (Å²) < 4.78 is 0.969. The summed E-state index contributed by atoms with van der Waals surface area (Å²) in [5, 5.41) is 2.97. The Labute approximate surface area is 136 Å². The lowest BCUT2D eigenvalue weighted by molar-refractivity contribution is -0.121. The fourth-order valence-corrected chi connectivity index (χ4v) is 3.27. The number of aromatic nitrogens is 1. The van der Waals surface area contributed by atoms with Gasteiger partial charge in [-0.15, -0.1) is 0 Å². The van der Waals surface area contributed by atoms with E-state index in [4.69, 9.17) is 0 Å². The molecule has 1 saturated carbocycles. The van der Waals surface area contributed by atoms with Gasteiger partial charge in [0, 0.05) is 10.4 Å². The zero-order valence-electron chi connectivity index (χ0n) is 13.0. The minimum absolute atomic E-state index is 0.137. The van der Waals surface area contributed by atoms with E-state index < -0.39 is 0 Å². The second-order valence-corrected chi connectivity index (χ2v) is 6.97. The molecular formula is C17H25BrN2O. The van der Waals surface area contributed by atoms with Crippen LogP contribution in [0.4, 0.5) is 5.82 Å². The van der Waals surface area contributed by atoms with E-state index in [0.717, 1.165) is 28.9 Å². The molecule has 3 nitrogen and oxygen atoms in total. The number of halogens is 1. The molecule has 2 rings (SSSR count). The van der Waals surface area contributed by atoms with Gasteiger partial charge in [-0.25, -0.2) is 4.98 Å². The van der Waals surface area contributed by atoms with Gasteiger partial charge >= 0.3 is 0 Å². The topological polar surface area (TPSA) is 42.0 Å². The van der Waals surface area contributed by atoms with Crippen molar-refractivity contribution in [3.05, 3.63) is 22.3 Å². The summed E-state index contributed by atoms with van der Waals surface area (Å²) in [6, 6.07) is 3.78.